The summed E-state index contributed by atoms with van der Waals surface area (Å²) in [4.78, 5) is 12.2. The summed E-state index contributed by atoms with van der Waals surface area (Å²) in [5.74, 6) is 1.71. The van der Waals surface area contributed by atoms with E-state index in [1.54, 1.807) is 0 Å². The number of fused-ring (bicyclic) bond motifs is 1. The van der Waals surface area contributed by atoms with Crippen LogP contribution in [0.3, 0.4) is 0 Å². The maximum Gasteiger partial charge on any atom is 0.136 e. The van der Waals surface area contributed by atoms with E-state index in [-0.39, 0.29) is 0 Å². The average Bonchev–Trinajstić information content (AvgIpc) is 2.66. The Balaban J connectivity index is 2.17. The molecule has 2 saturated carbocycles. The molecular formula is C17H30O. The normalized spacial score (nSPS) is 36.8. The van der Waals surface area contributed by atoms with E-state index in [0.717, 1.165) is 25.2 Å². The first-order valence-corrected chi connectivity index (χ1v) is 7.94. The average molecular weight is 250 g/mol. The van der Waals surface area contributed by atoms with E-state index in [0.29, 0.717) is 22.5 Å². The van der Waals surface area contributed by atoms with Crippen molar-refractivity contribution in [2.45, 2.75) is 79.1 Å². The van der Waals surface area contributed by atoms with Crippen molar-refractivity contribution in [1.82, 2.24) is 0 Å². The highest BCUT2D eigenvalue weighted by molar-refractivity contribution is 5.83. The van der Waals surface area contributed by atoms with Gasteiger partial charge >= 0.3 is 0 Å². The van der Waals surface area contributed by atoms with Crippen LogP contribution in [0.25, 0.3) is 0 Å². The quantitative estimate of drug-likeness (QED) is 0.687. The summed E-state index contributed by atoms with van der Waals surface area (Å²) < 4.78 is 0. The number of ketones is 1. The zero-order chi connectivity index (χ0) is 13.4. The largest absolute Gasteiger partial charge is 0.299 e. The molecule has 18 heavy (non-hydrogen) atoms. The minimum absolute atomic E-state index is 0.312. The molecule has 0 spiro atoms. The fraction of sp³-hybridized carbons (Fsp3) is 0.941. The number of carbonyl (C=O) groups is 1. The van der Waals surface area contributed by atoms with Crippen LogP contribution >= 0.6 is 0 Å². The second kappa shape index (κ2) is 4.98. The molecular weight excluding hydrogens is 220 g/mol. The number of unbranched alkanes of at least 4 members (excludes halogenated alkanes) is 1. The second-order valence-electron chi connectivity index (χ2n) is 7.60. The van der Waals surface area contributed by atoms with Crippen LogP contribution in [0.5, 0.6) is 0 Å². The Morgan fingerprint density at radius 1 is 1.33 bits per heavy atom. The number of rotatable bonds is 4. The molecule has 104 valence electrons. The summed E-state index contributed by atoms with van der Waals surface area (Å²) in [7, 11) is 0. The molecule has 1 nitrogen and oxygen atoms in total. The molecule has 0 amide bonds. The Hall–Kier alpha value is -0.330. The number of carbonyl (C=O) groups excluding carboxylic acids is 1. The van der Waals surface area contributed by atoms with Gasteiger partial charge in [0, 0.05) is 12.3 Å². The van der Waals surface area contributed by atoms with E-state index in [1.807, 2.05) is 0 Å². The number of hydrogen-bond acceptors (Lipinski definition) is 1. The molecule has 2 aliphatic carbocycles. The lowest BCUT2D eigenvalue weighted by Gasteiger charge is -2.46. The van der Waals surface area contributed by atoms with Gasteiger partial charge in [0.2, 0.25) is 0 Å². The Morgan fingerprint density at radius 2 is 2.06 bits per heavy atom. The van der Waals surface area contributed by atoms with Crippen molar-refractivity contribution in [2.24, 2.45) is 22.7 Å². The zero-order valence-electron chi connectivity index (χ0n) is 12.7. The molecule has 2 fully saturated rings. The van der Waals surface area contributed by atoms with Crippen LogP contribution in [0.2, 0.25) is 0 Å². The predicted octanol–water partition coefficient (Wildman–Crippen LogP) is 4.99. The molecule has 2 rings (SSSR count). The topological polar surface area (TPSA) is 17.1 Å². The number of hydrogen-bond donors (Lipinski definition) is 0. The molecule has 0 N–H and O–H groups in total. The first-order chi connectivity index (χ1) is 8.42. The Labute approximate surface area is 113 Å². The van der Waals surface area contributed by atoms with Gasteiger partial charge in [-0.2, -0.15) is 0 Å². The van der Waals surface area contributed by atoms with Crippen molar-refractivity contribution in [2.75, 3.05) is 0 Å². The third-order valence-electron chi connectivity index (χ3n) is 5.98. The lowest BCUT2D eigenvalue weighted by molar-refractivity contribution is -0.130. The van der Waals surface area contributed by atoms with Gasteiger partial charge in [-0.25, -0.2) is 0 Å². The van der Waals surface area contributed by atoms with E-state index in [4.69, 9.17) is 0 Å². The van der Waals surface area contributed by atoms with Crippen LogP contribution in [-0.2, 0) is 4.79 Å². The maximum atomic E-state index is 12.2. The van der Waals surface area contributed by atoms with Crippen LogP contribution in [0.1, 0.15) is 79.1 Å². The highest BCUT2D eigenvalue weighted by Crippen LogP contribution is 2.60. The van der Waals surface area contributed by atoms with Crippen molar-refractivity contribution in [3.8, 4) is 0 Å². The molecule has 0 heterocycles. The van der Waals surface area contributed by atoms with E-state index in [9.17, 15) is 4.79 Å². The van der Waals surface area contributed by atoms with E-state index in [1.165, 1.54) is 32.1 Å². The fourth-order valence-electron chi connectivity index (χ4n) is 5.02. The second-order valence-corrected chi connectivity index (χ2v) is 7.60. The van der Waals surface area contributed by atoms with Crippen LogP contribution in [-0.4, -0.2) is 5.78 Å². The highest BCUT2D eigenvalue weighted by atomic mass is 16.1. The third-order valence-corrected chi connectivity index (χ3v) is 5.98. The van der Waals surface area contributed by atoms with Crippen LogP contribution in [0.4, 0.5) is 0 Å². The lowest BCUT2D eigenvalue weighted by Crippen LogP contribution is -2.42. The Kier molecular flexibility index (Phi) is 3.90. The van der Waals surface area contributed by atoms with Crippen molar-refractivity contribution in [3.63, 3.8) is 0 Å². The van der Waals surface area contributed by atoms with Gasteiger partial charge in [0.05, 0.1) is 0 Å². The standard InChI is InChI=1S/C17H30O/c1-5-6-11-16(2,3)15-10-9-13-14(18)8-7-12-17(13,15)4/h13,15H,5-12H2,1-4H3/t13-,15+,17-/m0/s1. The van der Waals surface area contributed by atoms with E-state index >= 15 is 0 Å². The summed E-state index contributed by atoms with van der Waals surface area (Å²) in [5, 5.41) is 0. The van der Waals surface area contributed by atoms with Crippen molar-refractivity contribution in [1.29, 1.82) is 0 Å². The molecule has 3 atom stereocenters. The molecule has 0 aliphatic heterocycles. The van der Waals surface area contributed by atoms with Gasteiger partial charge in [-0.05, 0) is 48.9 Å². The molecule has 2 aliphatic rings. The summed E-state index contributed by atoms with van der Waals surface area (Å²) in [6, 6.07) is 0. The first kappa shape index (κ1) is 14.1. The van der Waals surface area contributed by atoms with Gasteiger partial charge in [0.25, 0.3) is 0 Å². The molecule has 0 unspecified atom stereocenters. The number of Topliss-reactive ketones (excluding diaryl/α,β-unsaturated/α-hetero) is 1. The molecule has 0 aromatic carbocycles. The molecule has 0 aromatic rings. The summed E-state index contributed by atoms with van der Waals surface area (Å²) in [5.41, 5.74) is 0.726. The van der Waals surface area contributed by atoms with E-state index < -0.39 is 0 Å². The van der Waals surface area contributed by atoms with Gasteiger partial charge in [0.15, 0.2) is 0 Å². The predicted molar refractivity (Wildman–Crippen MR) is 76.5 cm³/mol. The maximum absolute atomic E-state index is 12.2. The summed E-state index contributed by atoms with van der Waals surface area (Å²) >= 11 is 0. The van der Waals surface area contributed by atoms with Crippen LogP contribution in [0, 0.1) is 22.7 Å². The molecule has 0 saturated heterocycles. The summed E-state index contributed by atoms with van der Waals surface area (Å²) in [6.07, 6.45) is 9.65. The third kappa shape index (κ3) is 2.26. The first-order valence-electron chi connectivity index (χ1n) is 7.94. The van der Waals surface area contributed by atoms with Gasteiger partial charge in [-0.3, -0.25) is 4.79 Å². The van der Waals surface area contributed by atoms with Gasteiger partial charge in [0.1, 0.15) is 5.78 Å². The smallest absolute Gasteiger partial charge is 0.136 e. The van der Waals surface area contributed by atoms with Gasteiger partial charge < -0.3 is 0 Å². The minimum Gasteiger partial charge on any atom is -0.299 e. The Bertz CT molecular complexity index is 318. The van der Waals surface area contributed by atoms with Crippen LogP contribution in [0.15, 0.2) is 0 Å². The zero-order valence-corrected chi connectivity index (χ0v) is 12.7. The molecule has 0 bridgehead atoms. The SMILES string of the molecule is CCCCC(C)(C)[C@H]1CC[C@H]2C(=O)CCC[C@]12C. The van der Waals surface area contributed by atoms with Gasteiger partial charge in [-0.1, -0.05) is 40.5 Å². The fourth-order valence-corrected chi connectivity index (χ4v) is 5.02. The molecule has 1 heteroatoms. The van der Waals surface area contributed by atoms with E-state index in [2.05, 4.69) is 27.7 Å². The minimum atomic E-state index is 0.312. The lowest BCUT2D eigenvalue weighted by atomic mass is 9.57. The summed E-state index contributed by atoms with van der Waals surface area (Å²) in [6.45, 7) is 9.58. The monoisotopic (exact) mass is 250 g/mol. The van der Waals surface area contributed by atoms with Crippen molar-refractivity contribution >= 4 is 5.78 Å². The van der Waals surface area contributed by atoms with Crippen molar-refractivity contribution in [3.05, 3.63) is 0 Å². The van der Waals surface area contributed by atoms with Gasteiger partial charge in [-0.15, -0.1) is 0 Å². The highest BCUT2D eigenvalue weighted by Gasteiger charge is 2.54. The Morgan fingerprint density at radius 3 is 2.72 bits per heavy atom. The molecule has 0 aromatic heterocycles. The molecule has 0 radical (unpaired) electrons. The van der Waals surface area contributed by atoms with Crippen LogP contribution < -0.4 is 0 Å². The van der Waals surface area contributed by atoms with Crippen molar-refractivity contribution < 1.29 is 4.79 Å².